The number of rotatable bonds is 11. The van der Waals surface area contributed by atoms with Crippen LogP contribution in [0.25, 0.3) is 0 Å². The monoisotopic (exact) mass is 233 g/mol. The second-order valence-corrected chi connectivity index (χ2v) is 5.39. The predicted octanol–water partition coefficient (Wildman–Crippen LogP) is 2.78. The van der Waals surface area contributed by atoms with Gasteiger partial charge in [-0.15, -0.1) is 0 Å². The number of hydrogen-bond acceptors (Lipinski definition) is 3. The van der Waals surface area contributed by atoms with Gasteiger partial charge < -0.3 is 10.1 Å². The average Bonchev–Trinajstić information content (AvgIpc) is 2.24. The zero-order valence-corrected chi connectivity index (χ0v) is 11.4. The molecule has 1 N–H and O–H groups in total. The van der Waals surface area contributed by atoms with Crippen LogP contribution in [0.15, 0.2) is 0 Å². The molecule has 3 heteroatoms. The van der Waals surface area contributed by atoms with Crippen molar-refractivity contribution in [3.8, 4) is 0 Å². The van der Waals surface area contributed by atoms with E-state index in [4.69, 9.17) is 4.74 Å². The van der Waals surface area contributed by atoms with Crippen molar-refractivity contribution < 1.29 is 4.74 Å². The molecule has 0 amide bonds. The summed E-state index contributed by atoms with van der Waals surface area (Å²) in [6.07, 6.45) is 4.10. The van der Waals surface area contributed by atoms with Crippen LogP contribution in [0.4, 0.5) is 0 Å². The van der Waals surface area contributed by atoms with Crippen LogP contribution in [-0.4, -0.2) is 38.3 Å². The minimum Gasteiger partial charge on any atom is -0.383 e. The second kappa shape index (κ2) is 12.3. The summed E-state index contributed by atoms with van der Waals surface area (Å²) in [6, 6.07) is 0. The van der Waals surface area contributed by atoms with Gasteiger partial charge in [0.05, 0.1) is 6.61 Å². The van der Waals surface area contributed by atoms with Crippen LogP contribution in [0, 0.1) is 5.92 Å². The maximum absolute atomic E-state index is 4.98. The van der Waals surface area contributed by atoms with Crippen LogP contribution in [0.2, 0.25) is 0 Å². The Balaban J connectivity index is 3.08. The quantitative estimate of drug-likeness (QED) is 0.555. The summed E-state index contributed by atoms with van der Waals surface area (Å²) in [5, 5.41) is 3.41. The number of unbranched alkanes of at least 4 members (excludes halogenated alkanes) is 1. The molecule has 0 fully saturated rings. The van der Waals surface area contributed by atoms with E-state index >= 15 is 0 Å². The van der Waals surface area contributed by atoms with Crippen molar-refractivity contribution in [3.63, 3.8) is 0 Å². The van der Waals surface area contributed by atoms with Crippen LogP contribution < -0.4 is 5.32 Å². The standard InChI is InChI=1S/C12H27NOS/c1-4-15-10-6-5-7-12(2)11-13-8-9-14-3/h12-13H,4-11H2,1-3H3. The molecule has 0 aromatic carbocycles. The fourth-order valence-electron chi connectivity index (χ4n) is 1.47. The van der Waals surface area contributed by atoms with E-state index in [1.54, 1.807) is 7.11 Å². The molecule has 0 rings (SSSR count). The van der Waals surface area contributed by atoms with Crippen molar-refractivity contribution in [3.05, 3.63) is 0 Å². The number of nitrogens with one attached hydrogen (secondary N) is 1. The molecule has 15 heavy (non-hydrogen) atoms. The van der Waals surface area contributed by atoms with Crippen LogP contribution in [-0.2, 0) is 4.74 Å². The third kappa shape index (κ3) is 12.2. The number of ether oxygens (including phenoxy) is 1. The molecule has 0 heterocycles. The Morgan fingerprint density at radius 3 is 2.80 bits per heavy atom. The van der Waals surface area contributed by atoms with Gasteiger partial charge in [-0.3, -0.25) is 0 Å². The molecule has 0 spiro atoms. The second-order valence-electron chi connectivity index (χ2n) is 3.99. The fraction of sp³-hybridized carbons (Fsp3) is 1.00. The van der Waals surface area contributed by atoms with Gasteiger partial charge >= 0.3 is 0 Å². The first-order chi connectivity index (χ1) is 7.31. The molecule has 0 bridgehead atoms. The lowest BCUT2D eigenvalue weighted by Crippen LogP contribution is -2.24. The summed E-state index contributed by atoms with van der Waals surface area (Å²) in [6.45, 7) is 7.48. The number of thioether (sulfide) groups is 1. The fourth-order valence-corrected chi connectivity index (χ4v) is 2.16. The van der Waals surface area contributed by atoms with Crippen molar-refractivity contribution >= 4 is 11.8 Å². The molecule has 0 radical (unpaired) electrons. The highest BCUT2D eigenvalue weighted by Crippen LogP contribution is 2.10. The van der Waals surface area contributed by atoms with Gasteiger partial charge in [0.25, 0.3) is 0 Å². The van der Waals surface area contributed by atoms with Crippen LogP contribution in [0.1, 0.15) is 33.1 Å². The van der Waals surface area contributed by atoms with Crippen molar-refractivity contribution in [2.75, 3.05) is 38.3 Å². The zero-order chi connectivity index (χ0) is 11.4. The van der Waals surface area contributed by atoms with E-state index in [0.717, 1.165) is 25.6 Å². The third-order valence-corrected chi connectivity index (χ3v) is 3.40. The van der Waals surface area contributed by atoms with E-state index in [1.165, 1.54) is 30.8 Å². The molecule has 0 aliphatic carbocycles. The van der Waals surface area contributed by atoms with Gasteiger partial charge in [-0.1, -0.05) is 20.3 Å². The van der Waals surface area contributed by atoms with Gasteiger partial charge in [-0.25, -0.2) is 0 Å². The molecule has 0 aromatic rings. The molecular weight excluding hydrogens is 206 g/mol. The summed E-state index contributed by atoms with van der Waals surface area (Å²) in [5.74, 6) is 3.39. The van der Waals surface area contributed by atoms with E-state index in [1.807, 2.05) is 0 Å². The number of methoxy groups -OCH3 is 1. The van der Waals surface area contributed by atoms with E-state index in [-0.39, 0.29) is 0 Å². The summed E-state index contributed by atoms with van der Waals surface area (Å²) < 4.78 is 4.98. The predicted molar refractivity (Wildman–Crippen MR) is 70.8 cm³/mol. The highest BCUT2D eigenvalue weighted by Gasteiger charge is 2.00. The lowest BCUT2D eigenvalue weighted by molar-refractivity contribution is 0.198. The first-order valence-corrected chi connectivity index (χ1v) is 7.24. The van der Waals surface area contributed by atoms with E-state index in [2.05, 4.69) is 30.9 Å². The largest absolute Gasteiger partial charge is 0.383 e. The number of hydrogen-bond donors (Lipinski definition) is 1. The molecule has 0 aromatic heterocycles. The maximum atomic E-state index is 4.98. The Hall–Kier alpha value is 0.270. The van der Waals surface area contributed by atoms with E-state index < -0.39 is 0 Å². The van der Waals surface area contributed by atoms with Gasteiger partial charge in [0.1, 0.15) is 0 Å². The molecule has 0 saturated carbocycles. The van der Waals surface area contributed by atoms with Gasteiger partial charge in [0, 0.05) is 13.7 Å². The van der Waals surface area contributed by atoms with Gasteiger partial charge in [-0.05, 0) is 36.8 Å². The Bertz CT molecular complexity index is 122. The van der Waals surface area contributed by atoms with E-state index in [0.29, 0.717) is 0 Å². The van der Waals surface area contributed by atoms with Crippen molar-refractivity contribution in [1.82, 2.24) is 5.32 Å². The highest BCUT2D eigenvalue weighted by atomic mass is 32.2. The SMILES string of the molecule is CCSCCCCC(C)CNCCOC. The molecule has 0 aliphatic rings. The third-order valence-electron chi connectivity index (χ3n) is 2.42. The first-order valence-electron chi connectivity index (χ1n) is 6.08. The molecule has 92 valence electrons. The summed E-state index contributed by atoms with van der Waals surface area (Å²) in [5.41, 5.74) is 0. The lowest BCUT2D eigenvalue weighted by Gasteiger charge is -2.12. The Labute approximate surface area is 99.5 Å². The molecular formula is C12H27NOS. The zero-order valence-electron chi connectivity index (χ0n) is 10.6. The van der Waals surface area contributed by atoms with E-state index in [9.17, 15) is 0 Å². The van der Waals surface area contributed by atoms with Crippen molar-refractivity contribution in [2.24, 2.45) is 5.92 Å². The Kier molecular flexibility index (Phi) is 12.6. The summed E-state index contributed by atoms with van der Waals surface area (Å²) in [7, 11) is 1.75. The van der Waals surface area contributed by atoms with Crippen LogP contribution in [0.5, 0.6) is 0 Å². The topological polar surface area (TPSA) is 21.3 Å². The highest BCUT2D eigenvalue weighted by molar-refractivity contribution is 7.99. The minimum absolute atomic E-state index is 0.800. The Morgan fingerprint density at radius 2 is 2.13 bits per heavy atom. The molecule has 2 nitrogen and oxygen atoms in total. The minimum atomic E-state index is 0.800. The van der Waals surface area contributed by atoms with Crippen LogP contribution in [0.3, 0.4) is 0 Å². The van der Waals surface area contributed by atoms with Crippen LogP contribution >= 0.6 is 11.8 Å². The normalized spacial score (nSPS) is 13.0. The Morgan fingerprint density at radius 1 is 1.33 bits per heavy atom. The average molecular weight is 233 g/mol. The van der Waals surface area contributed by atoms with Gasteiger partial charge in [-0.2, -0.15) is 11.8 Å². The van der Waals surface area contributed by atoms with Gasteiger partial charge in [0.2, 0.25) is 0 Å². The molecule has 1 atom stereocenters. The summed E-state index contributed by atoms with van der Waals surface area (Å²) in [4.78, 5) is 0. The molecule has 1 unspecified atom stereocenters. The van der Waals surface area contributed by atoms with Gasteiger partial charge in [0.15, 0.2) is 0 Å². The first kappa shape index (κ1) is 15.3. The van der Waals surface area contributed by atoms with Crippen molar-refractivity contribution in [1.29, 1.82) is 0 Å². The maximum Gasteiger partial charge on any atom is 0.0587 e. The van der Waals surface area contributed by atoms with Crippen molar-refractivity contribution in [2.45, 2.75) is 33.1 Å². The smallest absolute Gasteiger partial charge is 0.0587 e. The summed E-state index contributed by atoms with van der Waals surface area (Å²) >= 11 is 2.05. The molecule has 0 aliphatic heterocycles. The lowest BCUT2D eigenvalue weighted by atomic mass is 10.0. The molecule has 0 saturated heterocycles.